The molecule has 0 amide bonds. The second kappa shape index (κ2) is 46.3. The number of aliphatic imine (C=N–C) groups is 1. The van der Waals surface area contributed by atoms with Crippen molar-refractivity contribution in [2.75, 3.05) is 13.2 Å². The Morgan fingerprint density at radius 1 is 0.438 bits per heavy atom. The van der Waals surface area contributed by atoms with Crippen molar-refractivity contribution in [1.82, 2.24) is 0 Å². The van der Waals surface area contributed by atoms with Crippen LogP contribution in [0.1, 0.15) is 258 Å². The predicted molar refractivity (Wildman–Crippen MR) is 329 cm³/mol. The second-order valence-electron chi connectivity index (χ2n) is 25.4. The van der Waals surface area contributed by atoms with Crippen LogP contribution in [0.25, 0.3) is 0 Å². The molecule has 0 radical (unpaired) electrons. The van der Waals surface area contributed by atoms with Gasteiger partial charge in [0.15, 0.2) is 6.29 Å². The minimum atomic E-state index is -5.78. The fraction of sp³-hybridized carbons (Fsp3) is 0.984. The Kier molecular flexibility index (Phi) is 42.8. The molecule has 1 aliphatic heterocycles. The number of nitrogens with zero attached hydrogens (tertiary/aromatic N) is 1. The monoisotopic (exact) mass is 1320 g/mol. The molecule has 0 spiro atoms. The normalized spacial score (nSPS) is 31.6. The molecule has 0 bridgehead atoms. The Morgan fingerprint density at radius 2 is 0.775 bits per heavy atom. The van der Waals surface area contributed by atoms with Crippen molar-refractivity contribution in [3.05, 3.63) is 0 Å². The van der Waals surface area contributed by atoms with Crippen LogP contribution in [0.4, 0.5) is 0 Å². The van der Waals surface area contributed by atoms with Gasteiger partial charge in [0.1, 0.15) is 97.7 Å². The first-order chi connectivity index (χ1) is 42.5. The summed E-state index contributed by atoms with van der Waals surface area (Å²) in [5.74, 6) is -0.580. The van der Waals surface area contributed by atoms with E-state index in [0.29, 0.717) is 12.8 Å². The van der Waals surface area contributed by atoms with Crippen LogP contribution in [0.5, 0.6) is 0 Å². The molecule has 5 unspecified atom stereocenters. The maximum absolute atomic E-state index is 13.7. The van der Waals surface area contributed by atoms with Gasteiger partial charge in [-0.1, -0.05) is 239 Å². The van der Waals surface area contributed by atoms with Gasteiger partial charge in [-0.25, -0.2) is 4.57 Å². The van der Waals surface area contributed by atoms with E-state index in [1.807, 2.05) is 0 Å². The van der Waals surface area contributed by atoms with Crippen molar-refractivity contribution >= 4 is 21.5 Å². The number of rotatable bonds is 52. The minimum absolute atomic E-state index is 0.0372. The number of hydrogen-bond acceptors (Lipinski definition) is 24. The summed E-state index contributed by atoms with van der Waals surface area (Å²) in [4.78, 5) is 28.3. The van der Waals surface area contributed by atoms with E-state index in [1.54, 1.807) is 0 Å². The lowest BCUT2D eigenvalue weighted by atomic mass is 9.84. The second-order valence-corrected chi connectivity index (χ2v) is 28.2. The number of ether oxygens (including phenoxy) is 2. The van der Waals surface area contributed by atoms with Gasteiger partial charge in [-0.2, -0.15) is 0 Å². The molecule has 3 rings (SSSR count). The first-order valence-electron chi connectivity index (χ1n) is 34.2. The van der Waals surface area contributed by atoms with Crippen LogP contribution in [0.3, 0.4) is 0 Å². The molecule has 25 nitrogen and oxygen atoms in total. The molecule has 1 heterocycles. The highest BCUT2D eigenvalue weighted by molar-refractivity contribution is 7.47. The van der Waals surface area contributed by atoms with E-state index in [-0.39, 0.29) is 12.8 Å². The van der Waals surface area contributed by atoms with E-state index in [1.165, 1.54) is 154 Å². The van der Waals surface area contributed by atoms with Gasteiger partial charge in [-0.15, -0.1) is 0 Å². The third kappa shape index (κ3) is 31.7. The largest absolute Gasteiger partial charge is 0.862 e. The molecule has 21 atom stereocenters. The van der Waals surface area contributed by atoms with Gasteiger partial charge in [0.25, 0.3) is 7.82 Å². The molecule has 0 aromatic rings. The van der Waals surface area contributed by atoms with Crippen molar-refractivity contribution in [2.24, 2.45) is 4.99 Å². The summed E-state index contributed by atoms with van der Waals surface area (Å²) >= 11 is 0. The maximum atomic E-state index is 13.7. The van der Waals surface area contributed by atoms with Crippen LogP contribution in [-0.4, -0.2) is 206 Å². The van der Waals surface area contributed by atoms with Gasteiger partial charge in [-0.05, 0) is 25.2 Å². The summed E-state index contributed by atoms with van der Waals surface area (Å²) in [6.07, 6.45) is 2.88. The quantitative estimate of drug-likeness (QED) is 0.0161. The van der Waals surface area contributed by atoms with E-state index >= 15 is 0 Å². The Bertz CT molecular complexity index is 1900. The average molecular weight is 1320 g/mol. The SMILES string of the molecule is CCCCCCCCCCCCCCCCCCCCCCCCCC([O-])=N[C@@H](COP(=O)([O-])O[C@@H]1[C@H](O)[C@H](O)[C@@H](O)[C@H](O)[C@H]1OC1O[C@H](COP(=O)(O)OC2[C@H](O)[C@H](O)C(O)[C@H](O)[C@H]2O)[C@@H](O)[C@H](O)[C@@H]1O)[C@H](O)CCCCCCCCCCCCCCC. The van der Waals surface area contributed by atoms with E-state index in [0.717, 1.165) is 64.2 Å². The lowest BCUT2D eigenvalue weighted by Crippen LogP contribution is -2.67. The standard InChI is InChI=1S/C62H121NO24P2/c1-3-5-7-9-11-13-15-17-18-19-20-21-22-23-24-25-26-28-30-32-34-36-38-40-46(65)63-43(44(64)39-37-35-33-31-29-27-16-14-12-10-8-6-4-2)41-82-88(78,79)87-61-57(76)53(72)52(71)56(75)60(61)85-62-58(77)48(67)47(66)45(84-62)42-83-89(80,81)86-59-54(73)50(69)49(68)51(70)55(59)74/h43-45,47-62,64,66-77H,3-42H2,1-2H3,(H,63,65)(H,78,79)(H,80,81)/p-2/t43-,44+,45+,47+,48-,49?,50-,51+,52+,53+,54+,55+,56-,57+,58-,59?,60+,61+,62?/m0/s1. The zero-order valence-corrected chi connectivity index (χ0v) is 55.2. The fourth-order valence-corrected chi connectivity index (χ4v) is 13.8. The summed E-state index contributed by atoms with van der Waals surface area (Å²) in [7, 11) is -11.3. The molecule has 14 N–H and O–H groups in total. The van der Waals surface area contributed by atoms with Gasteiger partial charge in [0.05, 0.1) is 25.4 Å². The third-order valence-corrected chi connectivity index (χ3v) is 19.7. The molecule has 3 aliphatic rings. The lowest BCUT2D eigenvalue weighted by Gasteiger charge is -2.48. The topological polar surface area (TPSA) is 431 Å². The van der Waals surface area contributed by atoms with E-state index < -0.39 is 151 Å². The minimum Gasteiger partial charge on any atom is -0.862 e. The van der Waals surface area contributed by atoms with Crippen molar-refractivity contribution < 1.29 is 118 Å². The molecule has 3 fully saturated rings. The molecule has 2 saturated carbocycles. The summed E-state index contributed by atoms with van der Waals surface area (Å²) in [6, 6.07) is -1.40. The van der Waals surface area contributed by atoms with Crippen LogP contribution < -0.4 is 10.00 Å². The Hall–Kier alpha value is -0.910. The lowest BCUT2D eigenvalue weighted by molar-refractivity contribution is -0.341. The van der Waals surface area contributed by atoms with Crippen molar-refractivity contribution in [2.45, 2.75) is 374 Å². The third-order valence-electron chi connectivity index (χ3n) is 17.7. The summed E-state index contributed by atoms with van der Waals surface area (Å²) in [5, 5.41) is 151. The van der Waals surface area contributed by atoms with Gasteiger partial charge in [0.2, 0.25) is 0 Å². The summed E-state index contributed by atoms with van der Waals surface area (Å²) < 4.78 is 57.5. The van der Waals surface area contributed by atoms with Gasteiger partial charge >= 0.3 is 7.82 Å². The van der Waals surface area contributed by atoms with Crippen LogP contribution >= 0.6 is 15.6 Å². The Labute approximate surface area is 529 Å². The van der Waals surface area contributed by atoms with Gasteiger partial charge in [-0.3, -0.25) is 18.6 Å². The number of aliphatic hydroxyl groups excluding tert-OH is 13. The van der Waals surface area contributed by atoms with Crippen LogP contribution in [-0.2, 0) is 36.7 Å². The molecule has 27 heteroatoms. The highest BCUT2D eigenvalue weighted by Crippen LogP contribution is 2.48. The van der Waals surface area contributed by atoms with E-state index in [9.17, 15) is 90.4 Å². The van der Waals surface area contributed by atoms with Crippen molar-refractivity contribution in [3.8, 4) is 0 Å². The van der Waals surface area contributed by atoms with Gasteiger partial charge in [0, 0.05) is 0 Å². The number of hydrogen-bond donors (Lipinski definition) is 14. The number of phosphoric acid groups is 2. The molecule has 0 aromatic carbocycles. The van der Waals surface area contributed by atoms with Crippen molar-refractivity contribution in [3.63, 3.8) is 0 Å². The van der Waals surface area contributed by atoms with E-state index in [4.69, 9.17) is 27.6 Å². The van der Waals surface area contributed by atoms with Crippen LogP contribution in [0.2, 0.25) is 0 Å². The molecular formula is C62H119NO24P2-2. The predicted octanol–water partition coefficient (Wildman–Crippen LogP) is 5.18. The first kappa shape index (κ1) is 82.3. The highest BCUT2D eigenvalue weighted by Gasteiger charge is 2.56. The Morgan fingerprint density at radius 3 is 1.18 bits per heavy atom. The van der Waals surface area contributed by atoms with E-state index in [2.05, 4.69) is 18.8 Å². The average Bonchev–Trinajstić information content (AvgIpc) is 1.54. The molecular weight excluding hydrogens is 1200 g/mol. The maximum Gasteiger partial charge on any atom is 0.472 e. The molecule has 1 saturated heterocycles. The Balaban J connectivity index is 1.56. The number of unbranched alkanes of at least 4 members (excludes halogenated alkanes) is 34. The number of aliphatic hydroxyl groups is 13. The van der Waals surface area contributed by atoms with Gasteiger partial charge < -0.3 is 99.8 Å². The molecule has 2 aliphatic carbocycles. The highest BCUT2D eigenvalue weighted by atomic mass is 31.2. The molecule has 89 heavy (non-hydrogen) atoms. The van der Waals surface area contributed by atoms with Crippen LogP contribution in [0.15, 0.2) is 4.99 Å². The zero-order chi connectivity index (χ0) is 65.8. The zero-order valence-electron chi connectivity index (χ0n) is 53.4. The first-order valence-corrected chi connectivity index (χ1v) is 37.1. The molecule has 528 valence electrons. The van der Waals surface area contributed by atoms with Crippen molar-refractivity contribution in [1.29, 1.82) is 0 Å². The number of phosphoric ester groups is 2. The summed E-state index contributed by atoms with van der Waals surface area (Å²) in [6.45, 7) is 2.28. The summed E-state index contributed by atoms with van der Waals surface area (Å²) in [5.41, 5.74) is 0. The van der Waals surface area contributed by atoms with Crippen LogP contribution in [0, 0.1) is 0 Å². The molecule has 0 aromatic heterocycles. The smallest absolute Gasteiger partial charge is 0.472 e. The fourth-order valence-electron chi connectivity index (χ4n) is 11.9.